The first-order valence-electron chi connectivity index (χ1n) is 3.88. The Labute approximate surface area is 71.1 Å². The molecule has 0 unspecified atom stereocenters. The van der Waals surface area contributed by atoms with E-state index in [9.17, 15) is 0 Å². The van der Waals surface area contributed by atoms with Crippen LogP contribution >= 0.6 is 0 Å². The van der Waals surface area contributed by atoms with Crippen molar-refractivity contribution in [3.63, 3.8) is 0 Å². The van der Waals surface area contributed by atoms with Crippen LogP contribution in [0.1, 0.15) is 11.1 Å². The number of aryl methyl sites for hydroxylation is 1. The molecule has 0 aliphatic heterocycles. The molecule has 2 rings (SSSR count). The largest absolute Gasteiger partial charge is 0.240 e. The van der Waals surface area contributed by atoms with E-state index in [1.54, 1.807) is 0 Å². The van der Waals surface area contributed by atoms with Gasteiger partial charge in [0.05, 0.1) is 11.7 Å². The van der Waals surface area contributed by atoms with Crippen molar-refractivity contribution in [3.05, 3.63) is 42.2 Å². The average molecular weight is 158 g/mol. The summed E-state index contributed by atoms with van der Waals surface area (Å²) in [6, 6.07) is 4.06. The molecule has 0 N–H and O–H groups in total. The monoisotopic (exact) mass is 158 g/mol. The standard InChI is InChI=1S/C10H10N2/c1-3-9-7-11-12-6-4-5-8(2)10(9)12/h3-7H,1H2,2H3. The van der Waals surface area contributed by atoms with Crippen molar-refractivity contribution < 1.29 is 0 Å². The summed E-state index contributed by atoms with van der Waals surface area (Å²) in [4.78, 5) is 0. The fourth-order valence-corrected chi connectivity index (χ4v) is 1.39. The number of hydrogen-bond donors (Lipinski definition) is 0. The van der Waals surface area contributed by atoms with Crippen LogP contribution in [-0.4, -0.2) is 9.61 Å². The molecule has 0 bridgehead atoms. The fourth-order valence-electron chi connectivity index (χ4n) is 1.39. The van der Waals surface area contributed by atoms with Crippen LogP contribution in [0.15, 0.2) is 31.1 Å². The Kier molecular flexibility index (Phi) is 1.47. The van der Waals surface area contributed by atoms with E-state index in [-0.39, 0.29) is 0 Å². The zero-order valence-corrected chi connectivity index (χ0v) is 6.99. The molecule has 2 nitrogen and oxygen atoms in total. The summed E-state index contributed by atoms with van der Waals surface area (Å²) in [6.07, 6.45) is 5.60. The normalized spacial score (nSPS) is 10.4. The lowest BCUT2D eigenvalue weighted by atomic mass is 10.2. The highest BCUT2D eigenvalue weighted by molar-refractivity contribution is 5.70. The molecule has 0 amide bonds. The zero-order chi connectivity index (χ0) is 8.55. The minimum atomic E-state index is 1.09. The number of nitrogens with zero attached hydrogens (tertiary/aromatic N) is 2. The molecule has 0 aromatic carbocycles. The second kappa shape index (κ2) is 2.48. The molecule has 2 aromatic heterocycles. The summed E-state index contributed by atoms with van der Waals surface area (Å²) in [5, 5.41) is 4.20. The lowest BCUT2D eigenvalue weighted by molar-refractivity contribution is 0.956. The molecule has 60 valence electrons. The van der Waals surface area contributed by atoms with Crippen molar-refractivity contribution in [2.75, 3.05) is 0 Å². The number of rotatable bonds is 1. The van der Waals surface area contributed by atoms with E-state index in [4.69, 9.17) is 0 Å². The molecule has 0 saturated heterocycles. The van der Waals surface area contributed by atoms with E-state index < -0.39 is 0 Å². The van der Waals surface area contributed by atoms with Crippen molar-refractivity contribution in [2.24, 2.45) is 0 Å². The van der Waals surface area contributed by atoms with Gasteiger partial charge in [0, 0.05) is 11.8 Å². The van der Waals surface area contributed by atoms with E-state index >= 15 is 0 Å². The third-order valence-electron chi connectivity index (χ3n) is 1.99. The molecule has 2 aromatic rings. The number of pyridine rings is 1. The first kappa shape index (κ1) is 7.10. The Morgan fingerprint density at radius 2 is 2.42 bits per heavy atom. The number of fused-ring (bicyclic) bond motifs is 1. The fraction of sp³-hybridized carbons (Fsp3) is 0.100. The molecular formula is C10H10N2. The molecule has 0 spiro atoms. The summed E-state index contributed by atoms with van der Waals surface area (Å²) >= 11 is 0. The Morgan fingerprint density at radius 1 is 1.58 bits per heavy atom. The minimum absolute atomic E-state index is 1.09. The molecule has 2 heterocycles. The van der Waals surface area contributed by atoms with Crippen LogP contribution in [0, 0.1) is 6.92 Å². The Balaban J connectivity index is 2.91. The van der Waals surface area contributed by atoms with Gasteiger partial charge in [-0.05, 0) is 18.6 Å². The van der Waals surface area contributed by atoms with Crippen molar-refractivity contribution in [1.29, 1.82) is 0 Å². The SMILES string of the molecule is C=Cc1cnn2cccc(C)c12. The highest BCUT2D eigenvalue weighted by Crippen LogP contribution is 2.15. The van der Waals surface area contributed by atoms with Crippen LogP contribution in [0.2, 0.25) is 0 Å². The topological polar surface area (TPSA) is 17.3 Å². The second-order valence-electron chi connectivity index (χ2n) is 2.79. The van der Waals surface area contributed by atoms with E-state index in [1.807, 2.05) is 29.1 Å². The lowest BCUT2D eigenvalue weighted by Gasteiger charge is -1.97. The quantitative estimate of drug-likeness (QED) is 0.622. The third kappa shape index (κ3) is 0.848. The summed E-state index contributed by atoms with van der Waals surface area (Å²) in [7, 11) is 0. The van der Waals surface area contributed by atoms with Gasteiger partial charge in [0.2, 0.25) is 0 Å². The first-order valence-corrected chi connectivity index (χ1v) is 3.88. The van der Waals surface area contributed by atoms with E-state index in [2.05, 4.69) is 24.7 Å². The van der Waals surface area contributed by atoms with Gasteiger partial charge in [-0.15, -0.1) is 0 Å². The van der Waals surface area contributed by atoms with Gasteiger partial charge < -0.3 is 0 Å². The van der Waals surface area contributed by atoms with Crippen LogP contribution < -0.4 is 0 Å². The number of aromatic nitrogens is 2. The smallest absolute Gasteiger partial charge is 0.0762 e. The Bertz CT molecular complexity index is 426. The predicted octanol–water partition coefficient (Wildman–Crippen LogP) is 2.29. The molecule has 2 heteroatoms. The lowest BCUT2D eigenvalue weighted by Crippen LogP contribution is -1.87. The van der Waals surface area contributed by atoms with Gasteiger partial charge in [-0.3, -0.25) is 0 Å². The van der Waals surface area contributed by atoms with Crippen LogP contribution in [0.25, 0.3) is 11.6 Å². The van der Waals surface area contributed by atoms with Crippen molar-refractivity contribution in [3.8, 4) is 0 Å². The van der Waals surface area contributed by atoms with Gasteiger partial charge in [0.25, 0.3) is 0 Å². The predicted molar refractivity (Wildman–Crippen MR) is 50.0 cm³/mol. The summed E-state index contributed by atoms with van der Waals surface area (Å²) in [5.41, 5.74) is 3.46. The first-order chi connectivity index (χ1) is 5.83. The summed E-state index contributed by atoms with van der Waals surface area (Å²) in [5.74, 6) is 0. The van der Waals surface area contributed by atoms with Crippen LogP contribution in [0.4, 0.5) is 0 Å². The third-order valence-corrected chi connectivity index (χ3v) is 1.99. The molecule has 0 fully saturated rings. The highest BCUT2D eigenvalue weighted by atomic mass is 15.2. The number of hydrogen-bond acceptors (Lipinski definition) is 1. The van der Waals surface area contributed by atoms with Gasteiger partial charge in [-0.2, -0.15) is 5.10 Å². The summed E-state index contributed by atoms with van der Waals surface area (Å²) in [6.45, 7) is 5.81. The van der Waals surface area contributed by atoms with Crippen molar-refractivity contribution in [1.82, 2.24) is 9.61 Å². The van der Waals surface area contributed by atoms with E-state index in [1.165, 1.54) is 5.56 Å². The molecule has 0 aliphatic rings. The maximum Gasteiger partial charge on any atom is 0.0762 e. The van der Waals surface area contributed by atoms with Gasteiger partial charge >= 0.3 is 0 Å². The molecule has 0 radical (unpaired) electrons. The highest BCUT2D eigenvalue weighted by Gasteiger charge is 2.01. The molecule has 0 aliphatic carbocycles. The second-order valence-corrected chi connectivity index (χ2v) is 2.79. The van der Waals surface area contributed by atoms with Crippen LogP contribution in [0.5, 0.6) is 0 Å². The van der Waals surface area contributed by atoms with Crippen molar-refractivity contribution >= 4 is 11.6 Å². The molecule has 0 saturated carbocycles. The Hall–Kier alpha value is -1.57. The van der Waals surface area contributed by atoms with E-state index in [0.717, 1.165) is 11.1 Å². The summed E-state index contributed by atoms with van der Waals surface area (Å²) < 4.78 is 1.87. The van der Waals surface area contributed by atoms with Crippen LogP contribution in [0.3, 0.4) is 0 Å². The van der Waals surface area contributed by atoms with Gasteiger partial charge in [-0.25, -0.2) is 4.52 Å². The average Bonchev–Trinajstić information content (AvgIpc) is 2.49. The molecule has 12 heavy (non-hydrogen) atoms. The minimum Gasteiger partial charge on any atom is -0.240 e. The maximum absolute atomic E-state index is 4.20. The van der Waals surface area contributed by atoms with Gasteiger partial charge in [0.1, 0.15) is 0 Å². The molecular weight excluding hydrogens is 148 g/mol. The van der Waals surface area contributed by atoms with Crippen molar-refractivity contribution in [2.45, 2.75) is 6.92 Å². The zero-order valence-electron chi connectivity index (χ0n) is 6.99. The maximum atomic E-state index is 4.20. The van der Waals surface area contributed by atoms with E-state index in [0.29, 0.717) is 0 Å². The van der Waals surface area contributed by atoms with Gasteiger partial charge in [-0.1, -0.05) is 18.7 Å². The molecule has 0 atom stereocenters. The Morgan fingerprint density at radius 3 is 3.17 bits per heavy atom. The van der Waals surface area contributed by atoms with Crippen LogP contribution in [-0.2, 0) is 0 Å². The van der Waals surface area contributed by atoms with Gasteiger partial charge in [0.15, 0.2) is 0 Å².